The van der Waals surface area contributed by atoms with Crippen LogP contribution in [0, 0.1) is 11.6 Å². The minimum atomic E-state index is -0.990. The maximum Gasteiger partial charge on any atom is 0.262 e. The van der Waals surface area contributed by atoms with Gasteiger partial charge < -0.3 is 25.2 Å². The normalized spacial score (nSPS) is 11.4. The van der Waals surface area contributed by atoms with Gasteiger partial charge in [0, 0.05) is 36.5 Å². The Balaban J connectivity index is 1.62. The number of carbonyl (C=O) groups is 1. The Morgan fingerprint density at radius 2 is 1.61 bits per heavy atom. The van der Waals surface area contributed by atoms with Gasteiger partial charge in [-0.1, -0.05) is 36.4 Å². The molecule has 2 aromatic carbocycles. The molecule has 1 amide bonds. The van der Waals surface area contributed by atoms with E-state index in [0.29, 0.717) is 31.0 Å². The molecule has 0 aliphatic rings. The van der Waals surface area contributed by atoms with Gasteiger partial charge in [0.15, 0.2) is 6.61 Å². The van der Waals surface area contributed by atoms with Gasteiger partial charge in [0.2, 0.25) is 0 Å². The molecule has 0 saturated heterocycles. The van der Waals surface area contributed by atoms with Crippen LogP contribution in [-0.2, 0) is 4.79 Å². The maximum absolute atomic E-state index is 13.4. The first-order valence-electron chi connectivity index (χ1n) is 9.89. The fourth-order valence-corrected chi connectivity index (χ4v) is 2.79. The predicted octanol–water partition coefficient (Wildman–Crippen LogP) is 4.60. The Morgan fingerprint density at radius 3 is 2.18 bits per heavy atom. The van der Waals surface area contributed by atoms with E-state index in [2.05, 4.69) is 23.8 Å². The molecule has 33 heavy (non-hydrogen) atoms. The molecule has 0 spiro atoms. The molecule has 3 N–H and O–H groups in total. The van der Waals surface area contributed by atoms with Crippen molar-refractivity contribution in [2.24, 2.45) is 0 Å². The average Bonchev–Trinajstić information content (AvgIpc) is 2.76. The number of hydrogen-bond donors (Lipinski definition) is 3. The van der Waals surface area contributed by atoms with E-state index in [0.717, 1.165) is 6.07 Å². The zero-order valence-corrected chi connectivity index (χ0v) is 19.2. The molecule has 0 bridgehead atoms. The lowest BCUT2D eigenvalue weighted by molar-refractivity contribution is -0.122. The molecule has 178 valence electrons. The van der Waals surface area contributed by atoms with Crippen molar-refractivity contribution in [3.8, 4) is 11.5 Å². The number of nitrogens with one attached hydrogen (secondary N) is 2. The molecular weight excluding hydrogens is 477 g/mol. The van der Waals surface area contributed by atoms with Crippen molar-refractivity contribution < 1.29 is 28.2 Å². The van der Waals surface area contributed by atoms with Crippen LogP contribution in [0.25, 0.3) is 0 Å². The number of carbonyl (C=O) groups excluding carboxylic acids is 1. The Bertz CT molecular complexity index is 1000. The first-order chi connectivity index (χ1) is 15.7. The highest BCUT2D eigenvalue weighted by atomic mass is 35.5. The van der Waals surface area contributed by atoms with Crippen LogP contribution in [0.15, 0.2) is 61.0 Å². The van der Waals surface area contributed by atoms with Crippen molar-refractivity contribution in [3.05, 3.63) is 82.6 Å². The lowest BCUT2D eigenvalue weighted by atomic mass is 10.1. The van der Waals surface area contributed by atoms with Gasteiger partial charge in [-0.3, -0.25) is 4.79 Å². The van der Waals surface area contributed by atoms with Crippen molar-refractivity contribution in [1.82, 2.24) is 10.6 Å². The Morgan fingerprint density at radius 1 is 1.03 bits per heavy atom. The fourth-order valence-electron chi connectivity index (χ4n) is 2.55. The summed E-state index contributed by atoms with van der Waals surface area (Å²) in [6.07, 6.45) is -0.389. The van der Waals surface area contributed by atoms with E-state index < -0.39 is 23.6 Å². The summed E-state index contributed by atoms with van der Waals surface area (Å²) in [4.78, 5) is 11.9. The predicted molar refractivity (Wildman–Crippen MR) is 123 cm³/mol. The minimum Gasteiger partial charge on any atom is -0.493 e. The highest BCUT2D eigenvalue weighted by Crippen LogP contribution is 2.21. The number of aliphatic hydroxyl groups excluding tert-OH is 1. The van der Waals surface area contributed by atoms with Crippen LogP contribution >= 0.6 is 23.2 Å². The number of ether oxygens (including phenoxy) is 2. The summed E-state index contributed by atoms with van der Waals surface area (Å²) in [5.74, 6) is -1.20. The molecular formula is C23H24Cl2F2N2O4. The van der Waals surface area contributed by atoms with Crippen LogP contribution in [0.2, 0.25) is 10.0 Å². The highest BCUT2D eigenvalue weighted by molar-refractivity contribution is 6.31. The van der Waals surface area contributed by atoms with E-state index in [1.807, 2.05) is 0 Å². The summed E-state index contributed by atoms with van der Waals surface area (Å²) in [7, 11) is 0. The van der Waals surface area contributed by atoms with Gasteiger partial charge in [-0.2, -0.15) is 0 Å². The molecule has 1 atom stereocenters. The SMILES string of the molecule is C=C(C[C@H](O)C(=C)NCCCOc1ccc(Cl)c(F)c1)NC(=O)COc1ccc(Cl)c(F)c1. The molecule has 0 unspecified atom stereocenters. The van der Waals surface area contributed by atoms with E-state index in [1.54, 1.807) is 6.07 Å². The molecule has 6 nitrogen and oxygen atoms in total. The molecule has 0 aliphatic heterocycles. The van der Waals surface area contributed by atoms with Gasteiger partial charge in [0.25, 0.3) is 5.91 Å². The first kappa shape index (κ1) is 26.4. The van der Waals surface area contributed by atoms with Gasteiger partial charge >= 0.3 is 0 Å². The van der Waals surface area contributed by atoms with E-state index in [1.165, 1.54) is 24.3 Å². The standard InChI is InChI=1S/C23H24Cl2F2N2O4/c1-14(29-23(31)13-33-17-5-7-19(25)21(27)12-17)10-22(30)15(2)28-8-3-9-32-16-4-6-18(24)20(26)11-16/h4-7,11-12,22,28,30H,1-3,8-10,13H2,(H,29,31)/t22-/m0/s1. The number of halogens is 4. The summed E-state index contributed by atoms with van der Waals surface area (Å²) < 4.78 is 37.4. The molecule has 2 rings (SSSR count). The van der Waals surface area contributed by atoms with Crippen LogP contribution in [0.1, 0.15) is 12.8 Å². The third-order valence-corrected chi connectivity index (χ3v) is 4.87. The van der Waals surface area contributed by atoms with Crippen molar-refractivity contribution in [3.63, 3.8) is 0 Å². The number of rotatable bonds is 13. The zero-order valence-electron chi connectivity index (χ0n) is 17.7. The van der Waals surface area contributed by atoms with Crippen molar-refractivity contribution in [2.45, 2.75) is 18.9 Å². The van der Waals surface area contributed by atoms with Crippen molar-refractivity contribution >= 4 is 29.1 Å². The number of aliphatic hydroxyl groups is 1. The van der Waals surface area contributed by atoms with E-state index >= 15 is 0 Å². The van der Waals surface area contributed by atoms with Crippen LogP contribution < -0.4 is 20.1 Å². The Labute approximate surface area is 200 Å². The summed E-state index contributed by atoms with van der Waals surface area (Å²) in [5.41, 5.74) is 0.602. The summed E-state index contributed by atoms with van der Waals surface area (Å²) in [6.45, 7) is 7.87. The van der Waals surface area contributed by atoms with Crippen LogP contribution in [0.4, 0.5) is 8.78 Å². The second-order valence-corrected chi connectivity index (χ2v) is 7.78. The van der Waals surface area contributed by atoms with Gasteiger partial charge in [0.05, 0.1) is 22.8 Å². The quantitative estimate of drug-likeness (QED) is 0.350. The summed E-state index contributed by atoms with van der Waals surface area (Å²) >= 11 is 11.2. The molecule has 0 saturated carbocycles. The molecule has 0 aromatic heterocycles. The summed E-state index contributed by atoms with van der Waals surface area (Å²) in [6, 6.07) is 8.02. The third-order valence-electron chi connectivity index (χ3n) is 4.25. The maximum atomic E-state index is 13.4. The topological polar surface area (TPSA) is 79.8 Å². The van der Waals surface area contributed by atoms with Crippen molar-refractivity contribution in [2.75, 3.05) is 19.8 Å². The first-order valence-corrected chi connectivity index (χ1v) is 10.7. The van der Waals surface area contributed by atoms with Crippen LogP contribution in [0.5, 0.6) is 11.5 Å². The smallest absolute Gasteiger partial charge is 0.262 e. The Hall–Kier alpha value is -2.81. The van der Waals surface area contributed by atoms with E-state index in [4.69, 9.17) is 32.7 Å². The van der Waals surface area contributed by atoms with Crippen LogP contribution in [-0.4, -0.2) is 36.9 Å². The minimum absolute atomic E-state index is 0.0246. The number of hydrogen-bond acceptors (Lipinski definition) is 5. The molecule has 2 aromatic rings. The largest absolute Gasteiger partial charge is 0.493 e. The van der Waals surface area contributed by atoms with Gasteiger partial charge in [0.1, 0.15) is 23.1 Å². The van der Waals surface area contributed by atoms with Crippen LogP contribution in [0.3, 0.4) is 0 Å². The van der Waals surface area contributed by atoms with Gasteiger partial charge in [-0.15, -0.1) is 0 Å². The lowest BCUT2D eigenvalue weighted by Gasteiger charge is -2.18. The molecule has 10 heteroatoms. The zero-order chi connectivity index (χ0) is 24.4. The second kappa shape index (κ2) is 13.0. The number of amides is 1. The number of benzene rings is 2. The third kappa shape index (κ3) is 9.29. The average molecular weight is 501 g/mol. The van der Waals surface area contributed by atoms with E-state index in [9.17, 15) is 18.7 Å². The van der Waals surface area contributed by atoms with Gasteiger partial charge in [-0.25, -0.2) is 8.78 Å². The van der Waals surface area contributed by atoms with E-state index in [-0.39, 0.29) is 34.5 Å². The molecule has 0 fully saturated rings. The lowest BCUT2D eigenvalue weighted by Crippen LogP contribution is -2.31. The molecule has 0 aliphatic carbocycles. The second-order valence-electron chi connectivity index (χ2n) is 6.97. The highest BCUT2D eigenvalue weighted by Gasteiger charge is 2.13. The molecule has 0 radical (unpaired) electrons. The monoisotopic (exact) mass is 500 g/mol. The van der Waals surface area contributed by atoms with Gasteiger partial charge in [-0.05, 0) is 30.7 Å². The fraction of sp³-hybridized carbons (Fsp3) is 0.261. The summed E-state index contributed by atoms with van der Waals surface area (Å²) in [5, 5.41) is 15.6. The Kier molecular flexibility index (Phi) is 10.4. The van der Waals surface area contributed by atoms with Crippen molar-refractivity contribution in [1.29, 1.82) is 0 Å². The molecule has 0 heterocycles.